The molecule has 1 N–H and O–H groups in total. The van der Waals surface area contributed by atoms with E-state index in [-0.39, 0.29) is 11.7 Å². The van der Waals surface area contributed by atoms with Crippen LogP contribution < -0.4 is 10.8 Å². The maximum atomic E-state index is 13.0. The minimum Gasteiger partial charge on any atom is -0.367 e. The highest BCUT2D eigenvalue weighted by Crippen LogP contribution is 2.45. The summed E-state index contributed by atoms with van der Waals surface area (Å²) in [5.41, 5.74) is 5.24. The fourth-order valence-corrected chi connectivity index (χ4v) is 7.57. The molecule has 1 amide bonds. The molecule has 29 heavy (non-hydrogen) atoms. The number of carbonyl (C=O) groups excluding carboxylic acids is 1. The number of carbonyl (C=O) groups is 1. The molecule has 0 saturated carbocycles. The van der Waals surface area contributed by atoms with E-state index in [1.54, 1.807) is 0 Å². The number of nitrogens with zero attached hydrogens (tertiary/aromatic N) is 3. The van der Waals surface area contributed by atoms with Gasteiger partial charge in [-0.25, -0.2) is 0 Å². The van der Waals surface area contributed by atoms with Crippen molar-refractivity contribution in [2.45, 2.75) is 31.7 Å². The largest absolute Gasteiger partial charge is 0.367 e. The molecule has 5 nitrogen and oxygen atoms in total. The summed E-state index contributed by atoms with van der Waals surface area (Å²) >= 11 is 0. The van der Waals surface area contributed by atoms with Gasteiger partial charge in [-0.15, -0.1) is 0 Å². The van der Waals surface area contributed by atoms with Crippen molar-refractivity contribution in [3.8, 4) is 0 Å². The van der Waals surface area contributed by atoms with E-state index < -0.39 is 0 Å². The van der Waals surface area contributed by atoms with Crippen LogP contribution in [0.3, 0.4) is 0 Å². The molecule has 1 aromatic rings. The second-order valence-electron chi connectivity index (χ2n) is 8.43. The minimum absolute atomic E-state index is 0.116. The van der Waals surface area contributed by atoms with Crippen LogP contribution in [0, 0.1) is 0 Å². The molecule has 4 aliphatic rings. The third-order valence-corrected chi connectivity index (χ3v) is 9.07. The van der Waals surface area contributed by atoms with E-state index in [0.29, 0.717) is 20.7 Å². The highest BCUT2D eigenvalue weighted by Gasteiger charge is 2.32. The standard InChI is InChI=1S/C22H28N4OP2/c1-14-10-25(11-15(2)23-14)18-4-5-21-26(12-18)20(27)9-19(29-21)17-8-16-6-7-24(3)22(16)28-13-17/h4-9,12,14-15,21,23,28-29H,10-11,13H2,1-3H3. The number of amides is 1. The van der Waals surface area contributed by atoms with Crippen molar-refractivity contribution >= 4 is 34.6 Å². The van der Waals surface area contributed by atoms with Crippen molar-refractivity contribution in [1.29, 1.82) is 0 Å². The molecule has 0 radical (unpaired) electrons. The molecule has 1 saturated heterocycles. The molecule has 1 fully saturated rings. The number of aryl methyl sites for hydroxylation is 1. The van der Waals surface area contributed by atoms with Crippen LogP contribution in [-0.2, 0) is 11.8 Å². The lowest BCUT2D eigenvalue weighted by Gasteiger charge is -2.41. The lowest BCUT2D eigenvalue weighted by molar-refractivity contribution is -0.124. The molecule has 5 unspecified atom stereocenters. The van der Waals surface area contributed by atoms with Crippen molar-refractivity contribution in [3.63, 3.8) is 0 Å². The molecule has 1 aromatic heterocycles. The van der Waals surface area contributed by atoms with Gasteiger partial charge >= 0.3 is 0 Å². The van der Waals surface area contributed by atoms with Gasteiger partial charge in [0.2, 0.25) is 0 Å². The minimum atomic E-state index is 0.116. The quantitative estimate of drug-likeness (QED) is 0.739. The van der Waals surface area contributed by atoms with E-state index in [9.17, 15) is 4.79 Å². The molecular formula is C22H28N4OP2. The highest BCUT2D eigenvalue weighted by molar-refractivity contribution is 7.48. The molecule has 5 rings (SSSR count). The molecule has 152 valence electrons. The predicted octanol–water partition coefficient (Wildman–Crippen LogP) is 2.55. The fourth-order valence-electron chi connectivity index (χ4n) is 4.66. The summed E-state index contributed by atoms with van der Waals surface area (Å²) in [7, 11) is 3.50. The molecule has 0 aliphatic carbocycles. The number of rotatable bonds is 2. The Balaban J connectivity index is 1.37. The number of allylic oxidation sites excluding steroid dienone is 3. The molecule has 5 heterocycles. The van der Waals surface area contributed by atoms with Crippen LogP contribution in [0.4, 0.5) is 0 Å². The Bertz CT molecular complexity index is 963. The van der Waals surface area contributed by atoms with Crippen LogP contribution in [0.1, 0.15) is 19.4 Å². The summed E-state index contributed by atoms with van der Waals surface area (Å²) in [5, 5.41) is 4.82. The van der Waals surface area contributed by atoms with Crippen LogP contribution in [0.15, 0.2) is 53.3 Å². The second kappa shape index (κ2) is 7.54. The first kappa shape index (κ1) is 19.3. The van der Waals surface area contributed by atoms with Crippen LogP contribution in [0.5, 0.6) is 0 Å². The first-order chi connectivity index (χ1) is 14.0. The van der Waals surface area contributed by atoms with Gasteiger partial charge in [0.15, 0.2) is 0 Å². The maximum absolute atomic E-state index is 13.0. The molecule has 0 aromatic carbocycles. The zero-order chi connectivity index (χ0) is 20.1. The number of aromatic nitrogens is 1. The van der Waals surface area contributed by atoms with E-state index in [4.69, 9.17) is 0 Å². The van der Waals surface area contributed by atoms with E-state index in [1.807, 2.05) is 11.0 Å². The molecule has 0 bridgehead atoms. The third kappa shape index (κ3) is 3.65. The Morgan fingerprint density at radius 3 is 2.76 bits per heavy atom. The van der Waals surface area contributed by atoms with Crippen LogP contribution in [0.2, 0.25) is 0 Å². The second-order valence-corrected chi connectivity index (χ2v) is 11.0. The van der Waals surface area contributed by atoms with Crippen LogP contribution >= 0.6 is 17.2 Å². The summed E-state index contributed by atoms with van der Waals surface area (Å²) < 4.78 is 2.22. The van der Waals surface area contributed by atoms with Gasteiger partial charge < -0.3 is 19.7 Å². The van der Waals surface area contributed by atoms with Crippen LogP contribution in [-0.4, -0.2) is 57.4 Å². The Hall–Kier alpha value is -1.67. The van der Waals surface area contributed by atoms with Gasteiger partial charge in [-0.2, -0.15) is 0 Å². The van der Waals surface area contributed by atoms with Gasteiger partial charge in [0.05, 0.1) is 11.5 Å². The van der Waals surface area contributed by atoms with Crippen molar-refractivity contribution < 1.29 is 4.79 Å². The normalized spacial score (nSPS) is 30.8. The number of fused-ring (bicyclic) bond motifs is 2. The zero-order valence-electron chi connectivity index (χ0n) is 17.1. The topological polar surface area (TPSA) is 40.5 Å². The summed E-state index contributed by atoms with van der Waals surface area (Å²) in [5.74, 6) is 0.273. The Labute approximate surface area is 176 Å². The van der Waals surface area contributed by atoms with E-state index in [1.165, 1.54) is 21.9 Å². The first-order valence-electron chi connectivity index (χ1n) is 10.3. The number of nitrogens with one attached hydrogen (secondary N) is 1. The summed E-state index contributed by atoms with van der Waals surface area (Å²) in [6, 6.07) is 3.10. The first-order valence-corrected chi connectivity index (χ1v) is 12.6. The van der Waals surface area contributed by atoms with Crippen molar-refractivity contribution in [1.82, 2.24) is 19.7 Å². The van der Waals surface area contributed by atoms with Gasteiger partial charge in [-0.3, -0.25) is 4.79 Å². The lowest BCUT2D eigenvalue weighted by atomic mass is 10.1. The zero-order valence-corrected chi connectivity index (χ0v) is 19.1. The lowest BCUT2D eigenvalue weighted by Crippen LogP contribution is -2.54. The predicted molar refractivity (Wildman–Crippen MR) is 124 cm³/mol. The highest BCUT2D eigenvalue weighted by atomic mass is 31.1. The summed E-state index contributed by atoms with van der Waals surface area (Å²) in [6.45, 7) is 6.39. The molecule has 5 atom stereocenters. The van der Waals surface area contributed by atoms with Gasteiger partial charge in [0, 0.05) is 56.1 Å². The average Bonchev–Trinajstić information content (AvgIpc) is 3.07. The maximum Gasteiger partial charge on any atom is 0.252 e. The van der Waals surface area contributed by atoms with E-state index in [0.717, 1.165) is 33.5 Å². The Morgan fingerprint density at radius 2 is 1.97 bits per heavy atom. The molecule has 0 spiro atoms. The number of hydrogen-bond donors (Lipinski definition) is 1. The van der Waals surface area contributed by atoms with Gasteiger partial charge in [-0.05, 0) is 54.7 Å². The Kier molecular flexibility index (Phi) is 5.02. The number of hydrogen-bond acceptors (Lipinski definition) is 3. The molecule has 4 aliphatic heterocycles. The van der Waals surface area contributed by atoms with Gasteiger partial charge in [-0.1, -0.05) is 23.2 Å². The Morgan fingerprint density at radius 1 is 1.17 bits per heavy atom. The molecule has 7 heteroatoms. The summed E-state index contributed by atoms with van der Waals surface area (Å²) in [4.78, 5) is 17.3. The van der Waals surface area contributed by atoms with Crippen LogP contribution in [0.25, 0.3) is 6.08 Å². The van der Waals surface area contributed by atoms with Crippen molar-refractivity contribution in [2.75, 3.05) is 19.3 Å². The third-order valence-electron chi connectivity index (χ3n) is 5.99. The van der Waals surface area contributed by atoms with Crippen molar-refractivity contribution in [3.05, 3.63) is 58.8 Å². The summed E-state index contributed by atoms with van der Waals surface area (Å²) in [6.07, 6.45) is 13.9. The van der Waals surface area contributed by atoms with E-state index >= 15 is 0 Å². The van der Waals surface area contributed by atoms with Gasteiger partial charge in [0.25, 0.3) is 5.91 Å². The fraction of sp³-hybridized carbons (Fsp3) is 0.409. The SMILES string of the molecule is CC1CN(C2=CN3C(=O)C=C(C4=Cc5ccn(C)c5PC4)PC3C=C2)CC(C)N1. The van der Waals surface area contributed by atoms with E-state index in [2.05, 4.69) is 72.4 Å². The number of piperazine rings is 1. The van der Waals surface area contributed by atoms with Crippen molar-refractivity contribution in [2.24, 2.45) is 7.05 Å². The monoisotopic (exact) mass is 426 g/mol. The van der Waals surface area contributed by atoms with Gasteiger partial charge in [0.1, 0.15) is 0 Å². The smallest absolute Gasteiger partial charge is 0.252 e. The average molecular weight is 426 g/mol. The molecular weight excluding hydrogens is 398 g/mol.